The minimum absolute atomic E-state index is 0.0923. The Morgan fingerprint density at radius 2 is 2.00 bits per heavy atom. The molecule has 3 aromatic heterocycles. The van der Waals surface area contributed by atoms with E-state index in [0.717, 1.165) is 18.7 Å². The summed E-state index contributed by atoms with van der Waals surface area (Å²) in [5.41, 5.74) is 2.67. The Morgan fingerprint density at radius 3 is 2.71 bits per heavy atom. The first kappa shape index (κ1) is 19.7. The minimum atomic E-state index is -0.728. The standard InChI is InChI=1S/C21H21F2N7O/c1-13-3-4-29-18(10-15-11-28(2)5-6-31-15)21(25-19(29)7-13)20-16(22)8-14(9-17(20)23)30-12-24-26-27-30/h3-4,7-9,12,15H,5-6,10-11H2,1-2H3. The van der Waals surface area contributed by atoms with Crippen LogP contribution in [0.15, 0.2) is 36.8 Å². The van der Waals surface area contributed by atoms with Crippen LogP contribution in [-0.4, -0.2) is 67.3 Å². The predicted octanol–water partition coefficient (Wildman–Crippen LogP) is 2.44. The zero-order valence-electron chi connectivity index (χ0n) is 17.2. The highest BCUT2D eigenvalue weighted by molar-refractivity contribution is 5.69. The largest absolute Gasteiger partial charge is 0.375 e. The Labute approximate surface area is 177 Å². The third kappa shape index (κ3) is 3.68. The molecular formula is C21H21F2N7O. The zero-order valence-corrected chi connectivity index (χ0v) is 17.2. The molecule has 160 valence electrons. The lowest BCUT2D eigenvalue weighted by molar-refractivity contribution is -0.0190. The molecule has 0 radical (unpaired) electrons. The minimum Gasteiger partial charge on any atom is -0.375 e. The fraction of sp³-hybridized carbons (Fsp3) is 0.333. The molecule has 0 N–H and O–H groups in total. The Balaban J connectivity index is 1.64. The number of morpholine rings is 1. The number of aromatic nitrogens is 6. The van der Waals surface area contributed by atoms with Gasteiger partial charge in [0.2, 0.25) is 0 Å². The number of likely N-dealkylation sites (N-methyl/N-ethyl adjacent to an activating group) is 1. The van der Waals surface area contributed by atoms with E-state index in [9.17, 15) is 0 Å². The maximum Gasteiger partial charge on any atom is 0.143 e. The van der Waals surface area contributed by atoms with Crippen LogP contribution in [-0.2, 0) is 11.2 Å². The number of hydrogen-bond acceptors (Lipinski definition) is 6. The normalized spacial score (nSPS) is 17.5. The SMILES string of the molecule is Cc1ccn2c(CC3CN(C)CCO3)c(-c3c(F)cc(-n4cnnn4)cc3F)nc2c1. The molecule has 0 bridgehead atoms. The van der Waals surface area contributed by atoms with Gasteiger partial charge in [0.25, 0.3) is 0 Å². The number of tetrazole rings is 1. The summed E-state index contributed by atoms with van der Waals surface area (Å²) in [6.45, 7) is 4.17. The van der Waals surface area contributed by atoms with Crippen LogP contribution in [0, 0.1) is 18.6 Å². The molecule has 1 aliphatic rings. The van der Waals surface area contributed by atoms with Crippen molar-refractivity contribution < 1.29 is 13.5 Å². The van der Waals surface area contributed by atoms with Crippen molar-refractivity contribution in [2.45, 2.75) is 19.4 Å². The lowest BCUT2D eigenvalue weighted by atomic mass is 10.0. The number of fused-ring (bicyclic) bond motifs is 1. The summed E-state index contributed by atoms with van der Waals surface area (Å²) in [6.07, 6.45) is 3.56. The van der Waals surface area contributed by atoms with Gasteiger partial charge in [-0.15, -0.1) is 5.10 Å². The van der Waals surface area contributed by atoms with E-state index in [0.29, 0.717) is 24.4 Å². The van der Waals surface area contributed by atoms with Crippen LogP contribution in [0.4, 0.5) is 8.78 Å². The van der Waals surface area contributed by atoms with E-state index in [4.69, 9.17) is 4.74 Å². The topological polar surface area (TPSA) is 73.4 Å². The molecule has 1 aromatic carbocycles. The van der Waals surface area contributed by atoms with Crippen molar-refractivity contribution in [3.05, 3.63) is 59.7 Å². The van der Waals surface area contributed by atoms with Gasteiger partial charge in [-0.1, -0.05) is 0 Å². The van der Waals surface area contributed by atoms with E-state index in [1.54, 1.807) is 0 Å². The van der Waals surface area contributed by atoms with Gasteiger partial charge in [-0.3, -0.25) is 0 Å². The van der Waals surface area contributed by atoms with Gasteiger partial charge in [0, 0.05) is 37.8 Å². The number of nitrogens with zero attached hydrogens (tertiary/aromatic N) is 7. The molecule has 8 nitrogen and oxygen atoms in total. The zero-order chi connectivity index (χ0) is 21.5. The van der Waals surface area contributed by atoms with Crippen molar-refractivity contribution in [2.75, 3.05) is 26.7 Å². The second-order valence-corrected chi connectivity index (χ2v) is 7.84. The molecule has 0 amide bonds. The van der Waals surface area contributed by atoms with Crippen molar-refractivity contribution in [1.82, 2.24) is 34.5 Å². The molecule has 5 rings (SSSR count). The molecule has 1 fully saturated rings. The second kappa shape index (κ2) is 7.78. The Morgan fingerprint density at radius 1 is 1.19 bits per heavy atom. The third-order valence-electron chi connectivity index (χ3n) is 5.52. The summed E-state index contributed by atoms with van der Waals surface area (Å²) in [5, 5.41) is 10.7. The maximum absolute atomic E-state index is 15.2. The average Bonchev–Trinajstić information content (AvgIpc) is 3.36. The highest BCUT2D eigenvalue weighted by atomic mass is 19.1. The van der Waals surface area contributed by atoms with Crippen LogP contribution in [0.1, 0.15) is 11.3 Å². The molecule has 1 atom stereocenters. The van der Waals surface area contributed by atoms with Crippen LogP contribution < -0.4 is 0 Å². The number of pyridine rings is 1. The number of halogens is 2. The first-order valence-electron chi connectivity index (χ1n) is 10.00. The van der Waals surface area contributed by atoms with Crippen molar-refractivity contribution in [2.24, 2.45) is 0 Å². The molecule has 0 aliphatic carbocycles. The van der Waals surface area contributed by atoms with Crippen molar-refractivity contribution >= 4 is 5.65 Å². The van der Waals surface area contributed by atoms with Gasteiger partial charge in [0.1, 0.15) is 23.6 Å². The van der Waals surface area contributed by atoms with Gasteiger partial charge >= 0.3 is 0 Å². The number of aryl methyl sites for hydroxylation is 1. The van der Waals surface area contributed by atoms with Crippen LogP contribution in [0.25, 0.3) is 22.6 Å². The van der Waals surface area contributed by atoms with Crippen LogP contribution in [0.2, 0.25) is 0 Å². The highest BCUT2D eigenvalue weighted by Gasteiger charge is 2.26. The molecule has 4 aromatic rings. The highest BCUT2D eigenvalue weighted by Crippen LogP contribution is 2.32. The molecule has 0 saturated carbocycles. The van der Waals surface area contributed by atoms with Crippen LogP contribution in [0.3, 0.4) is 0 Å². The first-order valence-corrected chi connectivity index (χ1v) is 10.00. The second-order valence-electron chi connectivity index (χ2n) is 7.84. The van der Waals surface area contributed by atoms with Crippen LogP contribution >= 0.6 is 0 Å². The first-order chi connectivity index (χ1) is 15.0. The smallest absolute Gasteiger partial charge is 0.143 e. The van der Waals surface area contributed by atoms with Crippen molar-refractivity contribution in [1.29, 1.82) is 0 Å². The molecule has 0 spiro atoms. The van der Waals surface area contributed by atoms with Gasteiger partial charge in [-0.2, -0.15) is 0 Å². The van der Waals surface area contributed by atoms with Crippen molar-refractivity contribution in [3.63, 3.8) is 0 Å². The van der Waals surface area contributed by atoms with Gasteiger partial charge in [0.15, 0.2) is 0 Å². The van der Waals surface area contributed by atoms with E-state index in [1.807, 2.05) is 36.7 Å². The molecule has 10 heteroatoms. The summed E-state index contributed by atoms with van der Waals surface area (Å²) in [4.78, 5) is 6.79. The summed E-state index contributed by atoms with van der Waals surface area (Å²) >= 11 is 0. The Bertz CT molecular complexity index is 1220. The lowest BCUT2D eigenvalue weighted by Crippen LogP contribution is -2.41. The Kier molecular flexibility index (Phi) is 4.95. The number of hydrogen-bond donors (Lipinski definition) is 0. The van der Waals surface area contributed by atoms with Crippen molar-refractivity contribution in [3.8, 4) is 16.9 Å². The van der Waals surface area contributed by atoms with E-state index in [2.05, 4.69) is 25.4 Å². The van der Waals surface area contributed by atoms with E-state index in [-0.39, 0.29) is 23.0 Å². The quantitative estimate of drug-likeness (QED) is 0.500. The van der Waals surface area contributed by atoms with E-state index >= 15 is 8.78 Å². The third-order valence-corrected chi connectivity index (χ3v) is 5.52. The summed E-state index contributed by atoms with van der Waals surface area (Å²) in [5.74, 6) is -1.46. The van der Waals surface area contributed by atoms with Gasteiger partial charge in [-0.25, -0.2) is 18.4 Å². The number of imidazole rings is 1. The molecule has 1 unspecified atom stereocenters. The summed E-state index contributed by atoms with van der Waals surface area (Å²) in [6, 6.07) is 6.26. The number of rotatable bonds is 4. The van der Waals surface area contributed by atoms with E-state index in [1.165, 1.54) is 23.1 Å². The fourth-order valence-electron chi connectivity index (χ4n) is 4.00. The molecule has 1 saturated heterocycles. The molecular weight excluding hydrogens is 404 g/mol. The predicted molar refractivity (Wildman–Crippen MR) is 109 cm³/mol. The van der Waals surface area contributed by atoms with Gasteiger partial charge in [-0.05, 0) is 42.1 Å². The lowest BCUT2D eigenvalue weighted by Gasteiger charge is -2.30. The summed E-state index contributed by atoms with van der Waals surface area (Å²) < 4.78 is 39.4. The maximum atomic E-state index is 15.2. The van der Waals surface area contributed by atoms with Gasteiger partial charge < -0.3 is 14.0 Å². The molecule has 31 heavy (non-hydrogen) atoms. The van der Waals surface area contributed by atoms with E-state index < -0.39 is 11.6 Å². The molecule has 4 heterocycles. The molecule has 1 aliphatic heterocycles. The van der Waals surface area contributed by atoms with Crippen LogP contribution in [0.5, 0.6) is 0 Å². The average molecular weight is 425 g/mol. The van der Waals surface area contributed by atoms with Gasteiger partial charge in [0.05, 0.1) is 35.3 Å². The fourth-order valence-corrected chi connectivity index (χ4v) is 4.00. The number of benzene rings is 1. The Hall–Kier alpha value is -3.24. The number of ether oxygens (including phenoxy) is 1. The monoisotopic (exact) mass is 425 g/mol. The summed E-state index contributed by atoms with van der Waals surface area (Å²) in [7, 11) is 2.03.